The maximum absolute atomic E-state index is 5.62. The van der Waals surface area contributed by atoms with Crippen LogP contribution in [-0.2, 0) is 0 Å². The monoisotopic (exact) mass is 250 g/mol. The van der Waals surface area contributed by atoms with Crippen molar-refractivity contribution in [3.8, 4) is 24.7 Å². The lowest BCUT2D eigenvalue weighted by atomic mass is 9.90. The van der Waals surface area contributed by atoms with Crippen LogP contribution in [0.25, 0.3) is 32.3 Å². The van der Waals surface area contributed by atoms with Crippen molar-refractivity contribution < 1.29 is 0 Å². The van der Waals surface area contributed by atoms with Crippen molar-refractivity contribution in [2.45, 2.75) is 0 Å². The van der Waals surface area contributed by atoms with E-state index in [0.717, 1.165) is 21.9 Å². The Bertz CT molecular complexity index is 966. The molecule has 0 aliphatic heterocycles. The molecule has 0 heteroatoms. The zero-order valence-electron chi connectivity index (χ0n) is 10.8. The Morgan fingerprint density at radius 3 is 1.35 bits per heavy atom. The SMILES string of the molecule is C#Cc1ccc2ccc3ccc(C#C)c4ccc1c2c34. The van der Waals surface area contributed by atoms with E-state index in [1.165, 1.54) is 21.5 Å². The van der Waals surface area contributed by atoms with E-state index in [4.69, 9.17) is 12.8 Å². The maximum Gasteiger partial charge on any atom is 0.0321 e. The summed E-state index contributed by atoms with van der Waals surface area (Å²) in [4.78, 5) is 0. The van der Waals surface area contributed by atoms with Crippen molar-refractivity contribution in [3.63, 3.8) is 0 Å². The van der Waals surface area contributed by atoms with Gasteiger partial charge in [-0.15, -0.1) is 12.8 Å². The minimum Gasteiger partial charge on any atom is -0.115 e. The third-order valence-corrected chi connectivity index (χ3v) is 3.98. The van der Waals surface area contributed by atoms with Gasteiger partial charge in [0.1, 0.15) is 0 Å². The van der Waals surface area contributed by atoms with E-state index in [1.54, 1.807) is 0 Å². The number of terminal acetylenes is 2. The average molecular weight is 250 g/mol. The Morgan fingerprint density at radius 2 is 0.950 bits per heavy atom. The Morgan fingerprint density at radius 1 is 0.550 bits per heavy atom. The summed E-state index contributed by atoms with van der Waals surface area (Å²) < 4.78 is 0. The van der Waals surface area contributed by atoms with Gasteiger partial charge in [-0.1, -0.05) is 48.2 Å². The topological polar surface area (TPSA) is 0 Å². The number of hydrogen-bond acceptors (Lipinski definition) is 0. The first-order valence-corrected chi connectivity index (χ1v) is 6.47. The quantitative estimate of drug-likeness (QED) is 0.317. The van der Waals surface area contributed by atoms with Gasteiger partial charge in [0.05, 0.1) is 0 Å². The third kappa shape index (κ3) is 1.23. The van der Waals surface area contributed by atoms with E-state index in [-0.39, 0.29) is 0 Å². The zero-order chi connectivity index (χ0) is 13.7. The summed E-state index contributed by atoms with van der Waals surface area (Å²) >= 11 is 0. The van der Waals surface area contributed by atoms with E-state index in [2.05, 4.69) is 48.2 Å². The smallest absolute Gasteiger partial charge is 0.0321 e. The molecule has 0 unspecified atom stereocenters. The van der Waals surface area contributed by atoms with Crippen LogP contribution >= 0.6 is 0 Å². The van der Waals surface area contributed by atoms with Gasteiger partial charge in [0, 0.05) is 11.1 Å². The van der Waals surface area contributed by atoms with E-state index in [0.29, 0.717) is 0 Å². The molecular formula is C20H10. The highest BCUT2D eigenvalue weighted by atomic mass is 14.1. The van der Waals surface area contributed by atoms with Gasteiger partial charge in [0.15, 0.2) is 0 Å². The average Bonchev–Trinajstić information content (AvgIpc) is 2.52. The molecule has 0 N–H and O–H groups in total. The van der Waals surface area contributed by atoms with E-state index in [1.807, 2.05) is 12.1 Å². The fourth-order valence-electron chi connectivity index (χ4n) is 3.05. The first-order valence-electron chi connectivity index (χ1n) is 6.47. The molecule has 0 aromatic heterocycles. The van der Waals surface area contributed by atoms with Crippen molar-refractivity contribution in [2.75, 3.05) is 0 Å². The summed E-state index contributed by atoms with van der Waals surface area (Å²) in [6, 6.07) is 16.6. The highest BCUT2D eigenvalue weighted by molar-refractivity contribution is 6.24. The number of rotatable bonds is 0. The summed E-state index contributed by atoms with van der Waals surface area (Å²) in [7, 11) is 0. The van der Waals surface area contributed by atoms with Gasteiger partial charge in [-0.3, -0.25) is 0 Å². The molecule has 0 heterocycles. The van der Waals surface area contributed by atoms with Crippen LogP contribution in [0, 0.1) is 24.7 Å². The van der Waals surface area contributed by atoms with Crippen LogP contribution < -0.4 is 0 Å². The molecule has 0 amide bonds. The molecule has 0 aliphatic carbocycles. The van der Waals surface area contributed by atoms with Crippen LogP contribution in [0.2, 0.25) is 0 Å². The predicted octanol–water partition coefficient (Wildman–Crippen LogP) is 4.55. The van der Waals surface area contributed by atoms with Crippen molar-refractivity contribution >= 4 is 32.3 Å². The molecule has 4 aromatic carbocycles. The largest absolute Gasteiger partial charge is 0.115 e. The second-order valence-electron chi connectivity index (χ2n) is 4.94. The summed E-state index contributed by atoms with van der Waals surface area (Å²) in [6.07, 6.45) is 11.2. The molecule has 0 nitrogen and oxygen atoms in total. The summed E-state index contributed by atoms with van der Waals surface area (Å²) in [5.41, 5.74) is 1.86. The minimum absolute atomic E-state index is 0.929. The standard InChI is InChI=1S/C20H10/c1-3-13-5-7-15-9-10-16-8-6-14(4-2)18-12-11-17(13)19(15)20(16)18/h1-2,5-12H. The van der Waals surface area contributed by atoms with Gasteiger partial charge in [0.2, 0.25) is 0 Å². The van der Waals surface area contributed by atoms with Crippen molar-refractivity contribution in [3.05, 3.63) is 59.7 Å². The molecule has 0 fully saturated rings. The van der Waals surface area contributed by atoms with Crippen LogP contribution in [0.1, 0.15) is 11.1 Å². The van der Waals surface area contributed by atoms with Crippen LogP contribution in [0.4, 0.5) is 0 Å². The molecule has 0 bridgehead atoms. The van der Waals surface area contributed by atoms with Crippen molar-refractivity contribution in [1.29, 1.82) is 0 Å². The van der Waals surface area contributed by atoms with Crippen molar-refractivity contribution in [1.82, 2.24) is 0 Å². The minimum atomic E-state index is 0.929. The summed E-state index contributed by atoms with van der Waals surface area (Å²) in [5.74, 6) is 5.54. The van der Waals surface area contributed by atoms with Gasteiger partial charge < -0.3 is 0 Å². The highest BCUT2D eigenvalue weighted by Crippen LogP contribution is 2.36. The molecule has 0 radical (unpaired) electrons. The van der Waals surface area contributed by atoms with Crippen LogP contribution in [0.5, 0.6) is 0 Å². The Balaban J connectivity index is 2.42. The lowest BCUT2D eigenvalue weighted by Crippen LogP contribution is -1.88. The molecule has 4 rings (SSSR count). The summed E-state index contributed by atoms with van der Waals surface area (Å²) in [5, 5.41) is 7.08. The number of benzene rings is 4. The van der Waals surface area contributed by atoms with Gasteiger partial charge in [0.25, 0.3) is 0 Å². The normalized spacial score (nSPS) is 10.9. The van der Waals surface area contributed by atoms with Crippen LogP contribution in [0.15, 0.2) is 48.5 Å². The number of hydrogen-bond donors (Lipinski definition) is 0. The third-order valence-electron chi connectivity index (χ3n) is 3.98. The second kappa shape index (κ2) is 3.77. The van der Waals surface area contributed by atoms with Crippen LogP contribution in [0.3, 0.4) is 0 Å². The van der Waals surface area contributed by atoms with E-state index in [9.17, 15) is 0 Å². The molecule has 0 saturated heterocycles. The predicted molar refractivity (Wildman–Crippen MR) is 86.0 cm³/mol. The van der Waals surface area contributed by atoms with Crippen LogP contribution in [-0.4, -0.2) is 0 Å². The fraction of sp³-hybridized carbons (Fsp3) is 0. The van der Waals surface area contributed by atoms with Gasteiger partial charge >= 0.3 is 0 Å². The zero-order valence-corrected chi connectivity index (χ0v) is 10.8. The lowest BCUT2D eigenvalue weighted by molar-refractivity contribution is 1.72. The molecule has 20 heavy (non-hydrogen) atoms. The maximum atomic E-state index is 5.62. The van der Waals surface area contributed by atoms with E-state index >= 15 is 0 Å². The van der Waals surface area contributed by atoms with Crippen molar-refractivity contribution in [2.24, 2.45) is 0 Å². The lowest BCUT2D eigenvalue weighted by Gasteiger charge is -2.12. The molecule has 4 aromatic rings. The summed E-state index contributed by atoms with van der Waals surface area (Å²) in [6.45, 7) is 0. The molecule has 0 aliphatic rings. The second-order valence-corrected chi connectivity index (χ2v) is 4.94. The molecule has 0 saturated carbocycles. The Kier molecular flexibility index (Phi) is 2.06. The van der Waals surface area contributed by atoms with Gasteiger partial charge in [-0.25, -0.2) is 0 Å². The van der Waals surface area contributed by atoms with Gasteiger partial charge in [-0.2, -0.15) is 0 Å². The highest BCUT2D eigenvalue weighted by Gasteiger charge is 2.11. The molecule has 90 valence electrons. The Hall–Kier alpha value is -2.96. The Labute approximate surface area is 117 Å². The molecular weight excluding hydrogens is 240 g/mol. The van der Waals surface area contributed by atoms with E-state index < -0.39 is 0 Å². The fourth-order valence-corrected chi connectivity index (χ4v) is 3.05. The van der Waals surface area contributed by atoms with Gasteiger partial charge in [-0.05, 0) is 44.5 Å². The molecule has 0 spiro atoms. The first-order chi connectivity index (χ1) is 9.83. The first kappa shape index (κ1) is 10.9. The molecule has 0 atom stereocenters.